The number of hydrogen-bond acceptors (Lipinski definition) is 6. The van der Waals surface area contributed by atoms with Crippen molar-refractivity contribution < 1.29 is 29.0 Å². The van der Waals surface area contributed by atoms with E-state index in [9.17, 15) is 24.3 Å². The van der Waals surface area contributed by atoms with Crippen molar-refractivity contribution in [3.05, 3.63) is 64.2 Å². The maximum absolute atomic E-state index is 12.7. The molecule has 3 amide bonds. The normalized spacial score (nSPS) is 10.4. The number of nitrogens with one attached hydrogen (secondary N) is 3. The molecule has 0 heterocycles. The van der Waals surface area contributed by atoms with Crippen molar-refractivity contribution in [2.45, 2.75) is 33.2 Å². The van der Waals surface area contributed by atoms with Gasteiger partial charge in [0.25, 0.3) is 5.91 Å². The van der Waals surface area contributed by atoms with Crippen molar-refractivity contribution in [1.29, 1.82) is 0 Å². The molecule has 9 heteroatoms. The van der Waals surface area contributed by atoms with Crippen LogP contribution in [-0.2, 0) is 16.1 Å². The molecule has 0 saturated carbocycles. The van der Waals surface area contributed by atoms with E-state index in [0.29, 0.717) is 0 Å². The van der Waals surface area contributed by atoms with Gasteiger partial charge in [0, 0.05) is 6.54 Å². The number of carboxylic acids is 1. The summed E-state index contributed by atoms with van der Waals surface area (Å²) in [6.45, 7) is 5.93. The fraction of sp³-hybridized carbons (Fsp3) is 0.304. The van der Waals surface area contributed by atoms with Crippen molar-refractivity contribution in [3.8, 4) is 0 Å². The van der Waals surface area contributed by atoms with Gasteiger partial charge < -0.3 is 20.5 Å². The summed E-state index contributed by atoms with van der Waals surface area (Å²) in [4.78, 5) is 48.1. The summed E-state index contributed by atoms with van der Waals surface area (Å²) in [7, 11) is 1.18. The topological polar surface area (TPSA) is 134 Å². The number of anilines is 1. The van der Waals surface area contributed by atoms with Gasteiger partial charge in [0.15, 0.2) is 0 Å². The monoisotopic (exact) mass is 441 g/mol. The molecule has 0 unspecified atom stereocenters. The molecule has 0 radical (unpaired) electrons. The van der Waals surface area contributed by atoms with Crippen molar-refractivity contribution in [3.63, 3.8) is 0 Å². The summed E-state index contributed by atoms with van der Waals surface area (Å²) in [6, 6.07) is 9.18. The molecule has 9 nitrogen and oxygen atoms in total. The number of carbonyl (C=O) groups is 4. The van der Waals surface area contributed by atoms with Crippen LogP contribution in [0.2, 0.25) is 0 Å². The highest BCUT2D eigenvalue weighted by Gasteiger charge is 2.21. The number of rotatable bonds is 8. The van der Waals surface area contributed by atoms with E-state index in [4.69, 9.17) is 0 Å². The Balaban J connectivity index is 2.17. The van der Waals surface area contributed by atoms with E-state index in [1.165, 1.54) is 25.3 Å². The number of amides is 3. The Morgan fingerprint density at radius 3 is 2.31 bits per heavy atom. The minimum atomic E-state index is -1.29. The maximum Gasteiger partial charge on any atom is 0.337 e. The predicted molar refractivity (Wildman–Crippen MR) is 119 cm³/mol. The first-order chi connectivity index (χ1) is 15.1. The van der Waals surface area contributed by atoms with Gasteiger partial charge in [-0.1, -0.05) is 38.1 Å². The molecule has 2 rings (SSSR count). The highest BCUT2D eigenvalue weighted by molar-refractivity contribution is 6.10. The van der Waals surface area contributed by atoms with E-state index < -0.39 is 23.9 Å². The Morgan fingerprint density at radius 1 is 1.03 bits per heavy atom. The first-order valence-corrected chi connectivity index (χ1v) is 10.00. The standard InChI is InChI=1S/C23H27N3O6/c1-13(2)15-8-5-7-14(3)18(15)11-25-23(31)26-21(28)16-9-6-10-17(22(29)30)20(16)24-12-19(27)32-4/h5-10,13,24H,11-12H2,1-4H3,(H,29,30)(H2,25,26,28,31). The number of aromatic carboxylic acids is 1. The number of carbonyl (C=O) groups excluding carboxylic acids is 3. The van der Waals surface area contributed by atoms with Crippen molar-refractivity contribution in [2.75, 3.05) is 19.0 Å². The van der Waals surface area contributed by atoms with Gasteiger partial charge in [-0.3, -0.25) is 14.9 Å². The molecule has 0 spiro atoms. The second kappa shape index (κ2) is 10.9. The number of methoxy groups -OCH3 is 1. The molecule has 4 N–H and O–H groups in total. The van der Waals surface area contributed by atoms with E-state index in [0.717, 1.165) is 16.7 Å². The Morgan fingerprint density at radius 2 is 1.69 bits per heavy atom. The SMILES string of the molecule is COC(=O)CNc1c(C(=O)O)cccc1C(=O)NC(=O)NCc1c(C)cccc1C(C)C. The third-order valence-corrected chi connectivity index (χ3v) is 4.90. The van der Waals surface area contributed by atoms with Gasteiger partial charge in [0.05, 0.1) is 23.9 Å². The molecule has 2 aromatic carbocycles. The van der Waals surface area contributed by atoms with Crippen LogP contribution in [0.25, 0.3) is 0 Å². The number of hydrogen-bond donors (Lipinski definition) is 4. The fourth-order valence-corrected chi connectivity index (χ4v) is 3.23. The van der Waals surface area contributed by atoms with Crippen LogP contribution in [0.4, 0.5) is 10.5 Å². The number of carboxylic acid groups (broad SMARTS) is 1. The van der Waals surface area contributed by atoms with E-state index in [1.807, 2.05) is 25.1 Å². The average Bonchev–Trinajstić information content (AvgIpc) is 2.75. The number of urea groups is 1. The molecule has 0 aliphatic heterocycles. The number of imide groups is 1. The van der Waals surface area contributed by atoms with Crippen LogP contribution in [0.3, 0.4) is 0 Å². The summed E-state index contributed by atoms with van der Waals surface area (Å²) in [6.07, 6.45) is 0. The van der Waals surface area contributed by atoms with Gasteiger partial charge >= 0.3 is 18.0 Å². The summed E-state index contributed by atoms with van der Waals surface area (Å²) in [5.41, 5.74) is 2.69. The summed E-state index contributed by atoms with van der Waals surface area (Å²) >= 11 is 0. The molecule has 0 saturated heterocycles. The van der Waals surface area contributed by atoms with E-state index in [-0.39, 0.29) is 35.8 Å². The molecule has 0 fully saturated rings. The smallest absolute Gasteiger partial charge is 0.337 e. The molecular weight excluding hydrogens is 414 g/mol. The van der Waals surface area contributed by atoms with E-state index in [1.54, 1.807) is 0 Å². The molecule has 2 aromatic rings. The molecule has 170 valence electrons. The molecule has 0 atom stereocenters. The van der Waals surface area contributed by atoms with Gasteiger partial charge in [0.1, 0.15) is 6.54 Å². The van der Waals surface area contributed by atoms with Gasteiger partial charge in [0.2, 0.25) is 0 Å². The third kappa shape index (κ3) is 6.07. The zero-order chi connectivity index (χ0) is 23.8. The lowest BCUT2D eigenvalue weighted by Gasteiger charge is -2.17. The van der Waals surface area contributed by atoms with Crippen molar-refractivity contribution in [2.24, 2.45) is 0 Å². The number of benzene rings is 2. The van der Waals surface area contributed by atoms with Crippen LogP contribution in [-0.4, -0.2) is 42.6 Å². The Bertz CT molecular complexity index is 1030. The van der Waals surface area contributed by atoms with Crippen LogP contribution >= 0.6 is 0 Å². The average molecular weight is 441 g/mol. The molecule has 0 bridgehead atoms. The molecule has 32 heavy (non-hydrogen) atoms. The minimum Gasteiger partial charge on any atom is -0.478 e. The minimum absolute atomic E-state index is 0.0864. The highest BCUT2D eigenvalue weighted by Crippen LogP contribution is 2.23. The maximum atomic E-state index is 12.7. The Kier molecular flexibility index (Phi) is 8.34. The van der Waals surface area contributed by atoms with Crippen LogP contribution in [0.1, 0.15) is 57.2 Å². The second-order valence-electron chi connectivity index (χ2n) is 7.40. The van der Waals surface area contributed by atoms with Crippen LogP contribution in [0, 0.1) is 6.92 Å². The molecule has 0 aliphatic rings. The number of aryl methyl sites for hydroxylation is 1. The summed E-state index contributed by atoms with van der Waals surface area (Å²) in [5.74, 6) is -2.49. The van der Waals surface area contributed by atoms with Gasteiger partial charge in [-0.05, 0) is 41.7 Å². The summed E-state index contributed by atoms with van der Waals surface area (Å²) < 4.78 is 4.53. The predicted octanol–water partition coefficient (Wildman–Crippen LogP) is 3.04. The Hall–Kier alpha value is -3.88. The number of ether oxygens (including phenoxy) is 1. The first kappa shape index (κ1) is 24.4. The number of esters is 1. The lowest BCUT2D eigenvalue weighted by atomic mass is 9.94. The van der Waals surface area contributed by atoms with Gasteiger partial charge in [-0.2, -0.15) is 0 Å². The van der Waals surface area contributed by atoms with Gasteiger partial charge in [-0.25, -0.2) is 9.59 Å². The lowest BCUT2D eigenvalue weighted by Crippen LogP contribution is -2.39. The quantitative estimate of drug-likeness (QED) is 0.463. The number of para-hydroxylation sites is 1. The molecule has 0 aliphatic carbocycles. The van der Waals surface area contributed by atoms with Crippen LogP contribution in [0.5, 0.6) is 0 Å². The largest absolute Gasteiger partial charge is 0.478 e. The van der Waals surface area contributed by atoms with Crippen molar-refractivity contribution >= 4 is 29.6 Å². The van der Waals surface area contributed by atoms with Crippen LogP contribution in [0.15, 0.2) is 36.4 Å². The zero-order valence-electron chi connectivity index (χ0n) is 18.4. The van der Waals surface area contributed by atoms with Crippen LogP contribution < -0.4 is 16.0 Å². The van der Waals surface area contributed by atoms with E-state index in [2.05, 4.69) is 34.5 Å². The second-order valence-corrected chi connectivity index (χ2v) is 7.40. The summed E-state index contributed by atoms with van der Waals surface area (Å²) in [5, 5.41) is 16.9. The third-order valence-electron chi connectivity index (χ3n) is 4.90. The zero-order valence-corrected chi connectivity index (χ0v) is 18.4. The van der Waals surface area contributed by atoms with E-state index >= 15 is 0 Å². The molecule has 0 aromatic heterocycles. The highest BCUT2D eigenvalue weighted by atomic mass is 16.5. The molecular formula is C23H27N3O6. The van der Waals surface area contributed by atoms with Crippen molar-refractivity contribution in [1.82, 2.24) is 10.6 Å². The first-order valence-electron chi connectivity index (χ1n) is 10.00. The fourth-order valence-electron chi connectivity index (χ4n) is 3.23. The van der Waals surface area contributed by atoms with Gasteiger partial charge in [-0.15, -0.1) is 0 Å². The lowest BCUT2D eigenvalue weighted by molar-refractivity contribution is -0.138. The Labute approximate surface area is 186 Å².